The summed E-state index contributed by atoms with van der Waals surface area (Å²) in [5.74, 6) is -0.196. The normalized spacial score (nSPS) is 13.5. The molecule has 0 aliphatic rings. The van der Waals surface area contributed by atoms with E-state index in [1.54, 1.807) is 20.8 Å². The number of carbonyl (C=O) groups excluding carboxylic acids is 1. The van der Waals surface area contributed by atoms with Crippen LogP contribution in [0.15, 0.2) is 18.2 Å². The van der Waals surface area contributed by atoms with E-state index in [1.807, 2.05) is 0 Å². The Morgan fingerprint density at radius 3 is 2.32 bits per heavy atom. The quantitative estimate of drug-likeness (QED) is 0.892. The van der Waals surface area contributed by atoms with Crippen molar-refractivity contribution in [3.05, 3.63) is 23.8 Å². The molecule has 124 valence electrons. The number of methoxy groups -OCH3 is 1. The van der Waals surface area contributed by atoms with Gasteiger partial charge in [-0.25, -0.2) is 4.79 Å². The molecular weight excluding hydrogens is 303 g/mol. The molecule has 0 spiro atoms. The number of amides is 1. The van der Waals surface area contributed by atoms with Gasteiger partial charge in [-0.15, -0.1) is 0 Å². The van der Waals surface area contributed by atoms with Gasteiger partial charge in [0.1, 0.15) is 11.4 Å². The second-order valence-corrected chi connectivity index (χ2v) is 5.53. The van der Waals surface area contributed by atoms with Crippen molar-refractivity contribution < 1.29 is 32.5 Å². The van der Waals surface area contributed by atoms with Crippen LogP contribution in [-0.4, -0.2) is 30.1 Å². The minimum Gasteiger partial charge on any atom is -0.496 e. The molecule has 1 atom stereocenters. The monoisotopic (exact) mass is 321 g/mol. The maximum Gasteiger partial charge on any atom is 0.418 e. The molecule has 2 N–H and O–H groups in total. The largest absolute Gasteiger partial charge is 0.496 e. The van der Waals surface area contributed by atoms with Gasteiger partial charge in [0.2, 0.25) is 0 Å². The molecule has 0 fully saturated rings. The molecule has 0 saturated carbocycles. The Hall–Kier alpha value is -1.96. The number of nitrogens with one attached hydrogen (secondary N) is 1. The van der Waals surface area contributed by atoms with Gasteiger partial charge in [-0.1, -0.05) is 6.07 Å². The molecule has 8 heteroatoms. The predicted octanol–water partition coefficient (Wildman–Crippen LogP) is 3.64. The second-order valence-electron chi connectivity index (χ2n) is 5.53. The summed E-state index contributed by atoms with van der Waals surface area (Å²) in [5.41, 5.74) is -0.963. The molecule has 0 unspecified atom stereocenters. The molecule has 0 aliphatic carbocycles. The number of hydrogen-bond acceptors (Lipinski definition) is 4. The summed E-state index contributed by atoms with van der Waals surface area (Å²) in [6, 6.07) is 3.43. The van der Waals surface area contributed by atoms with Crippen LogP contribution in [0.3, 0.4) is 0 Å². The van der Waals surface area contributed by atoms with E-state index < -0.39 is 29.5 Å². The summed E-state index contributed by atoms with van der Waals surface area (Å²) in [6.45, 7) is 5.03. The SMILES string of the molecule is COc1cc(NC(=O)OC(C)(C)C)ccc1[C@@H](O)C(F)(F)F. The molecule has 1 amide bonds. The Bertz CT molecular complexity index is 538. The van der Waals surface area contributed by atoms with Crippen molar-refractivity contribution in [2.45, 2.75) is 38.7 Å². The first-order valence-corrected chi connectivity index (χ1v) is 6.37. The average Bonchev–Trinajstić information content (AvgIpc) is 2.34. The van der Waals surface area contributed by atoms with Crippen LogP contribution in [0.5, 0.6) is 5.75 Å². The predicted molar refractivity (Wildman–Crippen MR) is 73.9 cm³/mol. The molecule has 0 radical (unpaired) electrons. The lowest BCUT2D eigenvalue weighted by molar-refractivity contribution is -0.207. The third-order valence-electron chi connectivity index (χ3n) is 2.48. The van der Waals surface area contributed by atoms with Crippen LogP contribution in [0.1, 0.15) is 32.4 Å². The smallest absolute Gasteiger partial charge is 0.418 e. The fourth-order valence-electron chi connectivity index (χ4n) is 1.61. The van der Waals surface area contributed by atoms with E-state index >= 15 is 0 Å². The molecule has 0 bridgehead atoms. The first-order valence-electron chi connectivity index (χ1n) is 6.37. The number of aliphatic hydroxyl groups excluding tert-OH is 1. The highest BCUT2D eigenvalue weighted by Crippen LogP contribution is 2.38. The molecular formula is C14H18F3NO4. The summed E-state index contributed by atoms with van der Waals surface area (Å²) >= 11 is 0. The third-order valence-corrected chi connectivity index (χ3v) is 2.48. The van der Waals surface area contributed by atoms with Crippen molar-refractivity contribution in [2.24, 2.45) is 0 Å². The lowest BCUT2D eigenvalue weighted by Gasteiger charge is -2.21. The topological polar surface area (TPSA) is 67.8 Å². The molecule has 0 aliphatic heterocycles. The van der Waals surface area contributed by atoms with E-state index in [-0.39, 0.29) is 11.4 Å². The standard InChI is InChI=1S/C14H18F3NO4/c1-13(2,3)22-12(20)18-8-5-6-9(10(7-8)21-4)11(19)14(15,16)17/h5-7,11,19H,1-4H3,(H,18,20)/t11-/m1/s1. The number of halogens is 3. The van der Waals surface area contributed by atoms with Crippen LogP contribution in [0.4, 0.5) is 23.7 Å². The second kappa shape index (κ2) is 6.43. The number of benzene rings is 1. The number of carbonyl (C=O) groups is 1. The molecule has 0 aromatic heterocycles. The van der Waals surface area contributed by atoms with Gasteiger partial charge in [0, 0.05) is 17.3 Å². The van der Waals surface area contributed by atoms with E-state index in [0.29, 0.717) is 0 Å². The molecule has 22 heavy (non-hydrogen) atoms. The van der Waals surface area contributed by atoms with Crippen LogP contribution in [0, 0.1) is 0 Å². The number of rotatable bonds is 3. The number of ether oxygens (including phenoxy) is 2. The van der Waals surface area contributed by atoms with E-state index in [4.69, 9.17) is 9.47 Å². The van der Waals surface area contributed by atoms with Crippen LogP contribution in [-0.2, 0) is 4.74 Å². The van der Waals surface area contributed by atoms with Gasteiger partial charge in [0.15, 0.2) is 6.10 Å². The highest BCUT2D eigenvalue weighted by atomic mass is 19.4. The van der Waals surface area contributed by atoms with Gasteiger partial charge in [-0.2, -0.15) is 13.2 Å². The third kappa shape index (κ3) is 5.10. The zero-order chi connectivity index (χ0) is 17.1. The van der Waals surface area contributed by atoms with Crippen molar-refractivity contribution in [3.8, 4) is 5.75 Å². The fourth-order valence-corrected chi connectivity index (χ4v) is 1.61. The molecule has 1 aromatic rings. The van der Waals surface area contributed by atoms with Crippen molar-refractivity contribution in [1.82, 2.24) is 0 Å². The van der Waals surface area contributed by atoms with Crippen molar-refractivity contribution in [1.29, 1.82) is 0 Å². The van der Waals surface area contributed by atoms with Gasteiger partial charge in [-0.05, 0) is 26.8 Å². The number of hydrogen-bond donors (Lipinski definition) is 2. The highest BCUT2D eigenvalue weighted by molar-refractivity contribution is 5.85. The molecule has 0 saturated heterocycles. The minimum atomic E-state index is -4.81. The maximum atomic E-state index is 12.6. The highest BCUT2D eigenvalue weighted by Gasteiger charge is 2.41. The fraction of sp³-hybridized carbons (Fsp3) is 0.500. The Morgan fingerprint density at radius 1 is 1.27 bits per heavy atom. The first-order chi connectivity index (χ1) is 9.94. The van der Waals surface area contributed by atoms with Gasteiger partial charge in [0.05, 0.1) is 7.11 Å². The molecule has 1 rings (SSSR count). The number of aliphatic hydroxyl groups is 1. The molecule has 5 nitrogen and oxygen atoms in total. The van der Waals surface area contributed by atoms with Gasteiger partial charge in [0.25, 0.3) is 0 Å². The molecule has 0 heterocycles. The lowest BCUT2D eigenvalue weighted by Crippen LogP contribution is -2.27. The van der Waals surface area contributed by atoms with E-state index in [2.05, 4.69) is 5.32 Å². The molecule has 1 aromatic carbocycles. The van der Waals surface area contributed by atoms with E-state index in [1.165, 1.54) is 19.2 Å². The Labute approximate surface area is 126 Å². The van der Waals surface area contributed by atoms with Gasteiger partial charge >= 0.3 is 12.3 Å². The average molecular weight is 321 g/mol. The van der Waals surface area contributed by atoms with E-state index in [0.717, 1.165) is 6.07 Å². The van der Waals surface area contributed by atoms with Gasteiger partial charge < -0.3 is 14.6 Å². The van der Waals surface area contributed by atoms with Crippen molar-refractivity contribution >= 4 is 11.8 Å². The Balaban J connectivity index is 2.96. The van der Waals surface area contributed by atoms with Crippen molar-refractivity contribution in [3.63, 3.8) is 0 Å². The summed E-state index contributed by atoms with van der Waals surface area (Å²) < 4.78 is 47.5. The summed E-state index contributed by atoms with van der Waals surface area (Å²) in [6.07, 6.45) is -8.23. The summed E-state index contributed by atoms with van der Waals surface area (Å²) in [5, 5.41) is 11.7. The van der Waals surface area contributed by atoms with Gasteiger partial charge in [-0.3, -0.25) is 5.32 Å². The zero-order valence-corrected chi connectivity index (χ0v) is 12.6. The van der Waals surface area contributed by atoms with Crippen molar-refractivity contribution in [2.75, 3.05) is 12.4 Å². The maximum absolute atomic E-state index is 12.6. The number of anilines is 1. The van der Waals surface area contributed by atoms with Crippen LogP contribution in [0.25, 0.3) is 0 Å². The van der Waals surface area contributed by atoms with Crippen LogP contribution < -0.4 is 10.1 Å². The number of alkyl halides is 3. The zero-order valence-electron chi connectivity index (χ0n) is 12.6. The first kappa shape index (κ1) is 18.1. The van der Waals surface area contributed by atoms with Crippen LogP contribution >= 0.6 is 0 Å². The minimum absolute atomic E-state index is 0.184. The summed E-state index contributed by atoms with van der Waals surface area (Å²) in [4.78, 5) is 11.6. The Kier molecular flexibility index (Phi) is 5.29. The Morgan fingerprint density at radius 2 is 1.86 bits per heavy atom. The lowest BCUT2D eigenvalue weighted by atomic mass is 10.1. The van der Waals surface area contributed by atoms with E-state index in [9.17, 15) is 23.1 Å². The summed E-state index contributed by atoms with van der Waals surface area (Å²) in [7, 11) is 1.17. The van der Waals surface area contributed by atoms with Crippen LogP contribution in [0.2, 0.25) is 0 Å².